The van der Waals surface area contributed by atoms with Crippen molar-refractivity contribution < 1.29 is 4.79 Å². The van der Waals surface area contributed by atoms with Crippen molar-refractivity contribution in [2.24, 2.45) is 5.92 Å². The Kier molecular flexibility index (Phi) is 3.59. The second kappa shape index (κ2) is 4.94. The molecule has 4 heteroatoms. The molecule has 1 aromatic rings. The molecule has 1 aromatic heterocycles. The number of hydrogen-bond acceptors (Lipinski definition) is 2. The number of amides is 1. The van der Waals surface area contributed by atoms with Gasteiger partial charge in [-0.3, -0.25) is 4.79 Å². The lowest BCUT2D eigenvalue weighted by Crippen LogP contribution is -2.28. The minimum atomic E-state index is 0.161. The van der Waals surface area contributed by atoms with Crippen LogP contribution < -0.4 is 5.32 Å². The van der Waals surface area contributed by atoms with Gasteiger partial charge in [-0.25, -0.2) is 0 Å². The Morgan fingerprint density at radius 2 is 2.20 bits per heavy atom. The highest BCUT2D eigenvalue weighted by atomic mass is 79.9. The first kappa shape index (κ1) is 10.9. The smallest absolute Gasteiger partial charge is 0.224 e. The van der Waals surface area contributed by atoms with E-state index in [0.717, 1.165) is 16.6 Å². The highest BCUT2D eigenvalue weighted by molar-refractivity contribution is 9.11. The zero-order chi connectivity index (χ0) is 10.7. The molecular weight excluding hydrogens is 274 g/mol. The van der Waals surface area contributed by atoms with Crippen LogP contribution in [0.3, 0.4) is 0 Å². The number of nitrogens with one attached hydrogen (secondary N) is 1. The number of carbonyl (C=O) groups is 1. The third-order valence-corrected chi connectivity index (χ3v) is 4.07. The molecule has 0 radical (unpaired) electrons. The summed E-state index contributed by atoms with van der Waals surface area (Å²) in [5, 5.41) is 2.96. The molecule has 2 nitrogen and oxygen atoms in total. The quantitative estimate of drug-likeness (QED) is 0.850. The Bertz CT molecular complexity index is 378. The van der Waals surface area contributed by atoms with Crippen molar-refractivity contribution in [1.82, 2.24) is 5.32 Å². The van der Waals surface area contributed by atoms with Crippen LogP contribution >= 0.6 is 27.3 Å². The molecule has 0 saturated heterocycles. The zero-order valence-electron chi connectivity index (χ0n) is 8.20. The summed E-state index contributed by atoms with van der Waals surface area (Å²) in [4.78, 5) is 12.8. The summed E-state index contributed by atoms with van der Waals surface area (Å²) in [6.07, 6.45) is 5.93. The first-order valence-corrected chi connectivity index (χ1v) is 6.53. The average Bonchev–Trinajstić information content (AvgIpc) is 2.84. The Morgan fingerprint density at radius 1 is 1.47 bits per heavy atom. The van der Waals surface area contributed by atoms with E-state index in [1.165, 1.54) is 4.88 Å². The molecule has 0 fully saturated rings. The third-order valence-electron chi connectivity index (χ3n) is 2.44. The maximum Gasteiger partial charge on any atom is 0.224 e. The minimum Gasteiger partial charge on any atom is -0.351 e. The van der Waals surface area contributed by atoms with Crippen LogP contribution in [0.1, 0.15) is 17.7 Å². The highest BCUT2D eigenvalue weighted by Gasteiger charge is 2.18. The number of halogens is 1. The van der Waals surface area contributed by atoms with Crippen LogP contribution in [0.2, 0.25) is 0 Å². The van der Waals surface area contributed by atoms with E-state index in [2.05, 4.69) is 33.4 Å². The first-order valence-electron chi connectivity index (χ1n) is 4.92. The van der Waals surface area contributed by atoms with Crippen molar-refractivity contribution in [2.75, 3.05) is 0 Å². The average molecular weight is 286 g/mol. The van der Waals surface area contributed by atoms with Gasteiger partial charge in [-0.05, 0) is 40.9 Å². The van der Waals surface area contributed by atoms with Gasteiger partial charge in [0.15, 0.2) is 0 Å². The Hall–Kier alpha value is -0.610. The molecule has 0 spiro atoms. The molecule has 1 N–H and O–H groups in total. The van der Waals surface area contributed by atoms with Crippen LogP contribution in [-0.2, 0) is 11.3 Å². The van der Waals surface area contributed by atoms with Gasteiger partial charge >= 0.3 is 0 Å². The van der Waals surface area contributed by atoms with Crippen molar-refractivity contribution in [3.05, 3.63) is 32.9 Å². The summed E-state index contributed by atoms with van der Waals surface area (Å²) >= 11 is 5.06. The van der Waals surface area contributed by atoms with E-state index in [4.69, 9.17) is 0 Å². The fourth-order valence-corrected chi connectivity index (χ4v) is 3.02. The molecule has 1 amide bonds. The molecule has 1 heterocycles. The van der Waals surface area contributed by atoms with Crippen LogP contribution in [0.15, 0.2) is 28.1 Å². The van der Waals surface area contributed by atoms with Gasteiger partial charge in [0, 0.05) is 10.8 Å². The molecule has 0 atom stereocenters. The summed E-state index contributed by atoms with van der Waals surface area (Å²) in [5.41, 5.74) is 0. The van der Waals surface area contributed by atoms with Gasteiger partial charge < -0.3 is 5.32 Å². The second-order valence-electron chi connectivity index (χ2n) is 3.56. The van der Waals surface area contributed by atoms with Crippen molar-refractivity contribution in [3.8, 4) is 0 Å². The molecule has 80 valence electrons. The van der Waals surface area contributed by atoms with Crippen molar-refractivity contribution in [3.63, 3.8) is 0 Å². The fourth-order valence-electron chi connectivity index (χ4n) is 1.60. The number of carbonyl (C=O) groups excluding carboxylic acids is 1. The monoisotopic (exact) mass is 285 g/mol. The molecule has 0 saturated carbocycles. The van der Waals surface area contributed by atoms with Crippen LogP contribution in [0.4, 0.5) is 0 Å². The van der Waals surface area contributed by atoms with E-state index in [0.29, 0.717) is 6.54 Å². The van der Waals surface area contributed by atoms with Gasteiger partial charge in [-0.1, -0.05) is 12.2 Å². The van der Waals surface area contributed by atoms with E-state index in [1.807, 2.05) is 12.1 Å². The van der Waals surface area contributed by atoms with E-state index in [-0.39, 0.29) is 11.8 Å². The van der Waals surface area contributed by atoms with E-state index in [1.54, 1.807) is 11.3 Å². The van der Waals surface area contributed by atoms with Crippen molar-refractivity contribution >= 4 is 33.2 Å². The maximum absolute atomic E-state index is 11.7. The van der Waals surface area contributed by atoms with Gasteiger partial charge in [-0.15, -0.1) is 11.3 Å². The summed E-state index contributed by atoms with van der Waals surface area (Å²) in [7, 11) is 0. The summed E-state index contributed by atoms with van der Waals surface area (Å²) in [6, 6.07) is 4.03. The molecule has 0 aromatic carbocycles. The van der Waals surface area contributed by atoms with Crippen molar-refractivity contribution in [1.29, 1.82) is 0 Å². The minimum absolute atomic E-state index is 0.161. The third kappa shape index (κ3) is 2.92. The first-order chi connectivity index (χ1) is 7.25. The molecule has 0 unspecified atom stereocenters. The Balaban J connectivity index is 1.80. The number of rotatable bonds is 3. The molecule has 0 bridgehead atoms. The van der Waals surface area contributed by atoms with Gasteiger partial charge in [0.05, 0.1) is 10.3 Å². The number of hydrogen-bond donors (Lipinski definition) is 1. The van der Waals surface area contributed by atoms with Gasteiger partial charge in [0.2, 0.25) is 5.91 Å². The largest absolute Gasteiger partial charge is 0.351 e. The van der Waals surface area contributed by atoms with E-state index < -0.39 is 0 Å². The second-order valence-corrected chi connectivity index (χ2v) is 6.11. The highest BCUT2D eigenvalue weighted by Crippen LogP contribution is 2.22. The molecule has 1 aliphatic carbocycles. The zero-order valence-corrected chi connectivity index (χ0v) is 10.6. The molecule has 1 aliphatic rings. The van der Waals surface area contributed by atoms with Crippen LogP contribution in [-0.4, -0.2) is 5.91 Å². The number of thiophene rings is 1. The van der Waals surface area contributed by atoms with E-state index in [9.17, 15) is 4.79 Å². The topological polar surface area (TPSA) is 29.1 Å². The molecule has 15 heavy (non-hydrogen) atoms. The lowest BCUT2D eigenvalue weighted by Gasteiger charge is -2.09. The number of allylic oxidation sites excluding steroid dienone is 2. The summed E-state index contributed by atoms with van der Waals surface area (Å²) < 4.78 is 1.11. The van der Waals surface area contributed by atoms with Gasteiger partial charge in [0.25, 0.3) is 0 Å². The Morgan fingerprint density at radius 3 is 2.80 bits per heavy atom. The summed E-state index contributed by atoms with van der Waals surface area (Å²) in [5.74, 6) is 0.331. The standard InChI is InChI=1S/C11H12BrNOS/c12-10-6-5-9(15-10)7-13-11(14)8-3-1-2-4-8/h1-2,5-6,8H,3-4,7H2,(H,13,14). The van der Waals surface area contributed by atoms with E-state index >= 15 is 0 Å². The predicted molar refractivity (Wildman–Crippen MR) is 65.7 cm³/mol. The lowest BCUT2D eigenvalue weighted by atomic mass is 10.1. The van der Waals surface area contributed by atoms with Gasteiger partial charge in [-0.2, -0.15) is 0 Å². The summed E-state index contributed by atoms with van der Waals surface area (Å²) in [6.45, 7) is 0.644. The van der Waals surface area contributed by atoms with Gasteiger partial charge in [0.1, 0.15) is 0 Å². The molecule has 0 aliphatic heterocycles. The van der Waals surface area contributed by atoms with Crippen LogP contribution in [0.5, 0.6) is 0 Å². The van der Waals surface area contributed by atoms with Crippen LogP contribution in [0.25, 0.3) is 0 Å². The predicted octanol–water partition coefficient (Wildman–Crippen LogP) is 3.09. The maximum atomic E-state index is 11.7. The lowest BCUT2D eigenvalue weighted by molar-refractivity contribution is -0.124. The van der Waals surface area contributed by atoms with Crippen molar-refractivity contribution in [2.45, 2.75) is 19.4 Å². The van der Waals surface area contributed by atoms with Crippen LogP contribution in [0, 0.1) is 5.92 Å². The fraction of sp³-hybridized carbons (Fsp3) is 0.364. The Labute approximate surface area is 102 Å². The SMILES string of the molecule is O=C(NCc1ccc(Br)s1)C1CC=CC1. The molecular formula is C11H12BrNOS. The normalized spacial score (nSPS) is 15.8. The molecule has 2 rings (SSSR count).